The summed E-state index contributed by atoms with van der Waals surface area (Å²) in [5.74, 6) is -2.45. The number of para-hydroxylation sites is 1. The summed E-state index contributed by atoms with van der Waals surface area (Å²) in [6.45, 7) is 1.73. The minimum atomic E-state index is -0.989. The molecular weight excluding hydrogens is 317 g/mol. The smallest absolute Gasteiger partial charge is 0.317 e. The maximum Gasteiger partial charge on any atom is 0.317 e. The van der Waals surface area contributed by atoms with Crippen LogP contribution in [0.4, 0.5) is 14.9 Å². The van der Waals surface area contributed by atoms with Crippen molar-refractivity contribution in [3.8, 4) is 0 Å². The van der Waals surface area contributed by atoms with Crippen molar-refractivity contribution in [3.63, 3.8) is 0 Å². The van der Waals surface area contributed by atoms with E-state index in [-0.39, 0.29) is 31.1 Å². The molecule has 0 bridgehead atoms. The lowest BCUT2D eigenvalue weighted by molar-refractivity contribution is -0.141. The van der Waals surface area contributed by atoms with E-state index in [9.17, 15) is 18.8 Å². The van der Waals surface area contributed by atoms with E-state index >= 15 is 0 Å². The molecule has 0 aromatic heterocycles. The zero-order valence-electron chi connectivity index (χ0n) is 13.5. The highest BCUT2D eigenvalue weighted by Crippen LogP contribution is 2.24. The Morgan fingerprint density at radius 3 is 2.75 bits per heavy atom. The average Bonchev–Trinajstić information content (AvgIpc) is 2.87. The predicted octanol–water partition coefficient (Wildman–Crippen LogP) is 1.29. The number of hydrogen-bond acceptors (Lipinski definition) is 3. The zero-order chi connectivity index (χ0) is 17.9. The fourth-order valence-electron chi connectivity index (χ4n) is 2.56. The standard InChI is InChI=1S/C16H20FN3O4/c1-10(15(22)23)8-19(2)16(24)18-11-7-14(21)20(9-11)13-6-4-3-5-12(13)17/h3-6,10-11H,7-9H2,1-2H3,(H,18,24)(H,22,23). The van der Waals surface area contributed by atoms with Gasteiger partial charge in [0.05, 0.1) is 17.6 Å². The van der Waals surface area contributed by atoms with E-state index in [1.54, 1.807) is 6.07 Å². The van der Waals surface area contributed by atoms with Gasteiger partial charge in [-0.1, -0.05) is 19.1 Å². The van der Waals surface area contributed by atoms with Crippen LogP contribution in [0.5, 0.6) is 0 Å². The van der Waals surface area contributed by atoms with Gasteiger partial charge >= 0.3 is 12.0 Å². The van der Waals surface area contributed by atoms with Gasteiger partial charge in [0.2, 0.25) is 5.91 Å². The molecule has 24 heavy (non-hydrogen) atoms. The van der Waals surface area contributed by atoms with Crippen molar-refractivity contribution >= 4 is 23.6 Å². The first kappa shape index (κ1) is 17.7. The molecule has 2 unspecified atom stereocenters. The lowest BCUT2D eigenvalue weighted by Crippen LogP contribution is -2.46. The number of anilines is 1. The minimum absolute atomic E-state index is 0.0544. The van der Waals surface area contributed by atoms with Crippen LogP contribution in [0, 0.1) is 11.7 Å². The molecule has 0 aliphatic carbocycles. The first-order chi connectivity index (χ1) is 11.3. The summed E-state index contributed by atoms with van der Waals surface area (Å²) >= 11 is 0. The van der Waals surface area contributed by atoms with Gasteiger partial charge in [0.15, 0.2) is 0 Å². The van der Waals surface area contributed by atoms with E-state index in [4.69, 9.17) is 5.11 Å². The van der Waals surface area contributed by atoms with Gasteiger partial charge < -0.3 is 20.2 Å². The predicted molar refractivity (Wildman–Crippen MR) is 85.1 cm³/mol. The van der Waals surface area contributed by atoms with Gasteiger partial charge in [-0.25, -0.2) is 9.18 Å². The topological polar surface area (TPSA) is 90.0 Å². The second-order valence-electron chi connectivity index (χ2n) is 5.93. The number of carbonyl (C=O) groups is 3. The Bertz CT molecular complexity index is 652. The molecule has 1 aliphatic heterocycles. The fraction of sp³-hybridized carbons (Fsp3) is 0.438. The molecule has 1 fully saturated rings. The van der Waals surface area contributed by atoms with Crippen LogP contribution in [0.1, 0.15) is 13.3 Å². The number of amides is 3. The second-order valence-corrected chi connectivity index (χ2v) is 5.93. The number of nitrogens with one attached hydrogen (secondary N) is 1. The summed E-state index contributed by atoms with van der Waals surface area (Å²) in [5.41, 5.74) is 0.187. The summed E-state index contributed by atoms with van der Waals surface area (Å²) in [5, 5.41) is 11.6. The monoisotopic (exact) mass is 337 g/mol. The van der Waals surface area contributed by atoms with E-state index < -0.39 is 29.8 Å². The lowest BCUT2D eigenvalue weighted by atomic mass is 10.2. The number of urea groups is 1. The second kappa shape index (κ2) is 7.29. The molecule has 1 aromatic carbocycles. The molecule has 2 rings (SSSR count). The van der Waals surface area contributed by atoms with Crippen LogP contribution < -0.4 is 10.2 Å². The maximum absolute atomic E-state index is 13.8. The first-order valence-electron chi connectivity index (χ1n) is 7.59. The molecule has 8 heteroatoms. The molecule has 0 radical (unpaired) electrons. The summed E-state index contributed by atoms with van der Waals surface area (Å²) in [7, 11) is 1.49. The van der Waals surface area contributed by atoms with E-state index in [2.05, 4.69) is 5.32 Å². The number of halogens is 1. The van der Waals surface area contributed by atoms with E-state index in [0.29, 0.717) is 0 Å². The average molecular weight is 337 g/mol. The Balaban J connectivity index is 1.95. The van der Waals surface area contributed by atoms with Crippen molar-refractivity contribution in [1.82, 2.24) is 10.2 Å². The third kappa shape index (κ3) is 4.01. The quantitative estimate of drug-likeness (QED) is 0.847. The molecule has 7 nitrogen and oxygen atoms in total. The van der Waals surface area contributed by atoms with Gasteiger partial charge in [-0.05, 0) is 12.1 Å². The summed E-state index contributed by atoms with van der Waals surface area (Å²) in [6, 6.07) is 5.05. The van der Waals surface area contributed by atoms with Gasteiger partial charge in [0, 0.05) is 26.6 Å². The van der Waals surface area contributed by atoms with Crippen molar-refractivity contribution in [2.24, 2.45) is 5.92 Å². The fourth-order valence-corrected chi connectivity index (χ4v) is 2.56. The molecule has 1 saturated heterocycles. The SMILES string of the molecule is CC(CN(C)C(=O)NC1CC(=O)N(c2ccccc2F)C1)C(=O)O. The third-order valence-corrected chi connectivity index (χ3v) is 3.91. The molecule has 0 saturated carbocycles. The Morgan fingerprint density at radius 2 is 2.12 bits per heavy atom. The van der Waals surface area contributed by atoms with Gasteiger partial charge in [0.1, 0.15) is 5.82 Å². The van der Waals surface area contributed by atoms with E-state index in [1.807, 2.05) is 0 Å². The zero-order valence-corrected chi connectivity index (χ0v) is 13.5. The number of aliphatic carboxylic acids is 1. The minimum Gasteiger partial charge on any atom is -0.481 e. The molecule has 1 heterocycles. The number of benzene rings is 1. The maximum atomic E-state index is 13.8. The number of rotatable bonds is 5. The molecule has 0 spiro atoms. The van der Waals surface area contributed by atoms with E-state index in [0.717, 1.165) is 0 Å². The molecule has 2 atom stereocenters. The van der Waals surface area contributed by atoms with Crippen LogP contribution in [0.2, 0.25) is 0 Å². The normalized spacial score (nSPS) is 18.4. The van der Waals surface area contributed by atoms with Crippen molar-refractivity contribution in [2.45, 2.75) is 19.4 Å². The van der Waals surface area contributed by atoms with E-state index in [1.165, 1.54) is 42.0 Å². The number of carboxylic acid groups (broad SMARTS) is 1. The molecule has 1 aliphatic rings. The van der Waals surface area contributed by atoms with Crippen molar-refractivity contribution in [3.05, 3.63) is 30.1 Å². The first-order valence-corrected chi connectivity index (χ1v) is 7.59. The highest BCUT2D eigenvalue weighted by Gasteiger charge is 2.33. The van der Waals surface area contributed by atoms with Crippen LogP contribution in [-0.2, 0) is 9.59 Å². The molecule has 1 aromatic rings. The Labute approximate surface area is 139 Å². The van der Waals surface area contributed by atoms with Gasteiger partial charge in [-0.2, -0.15) is 0 Å². The number of hydrogen-bond donors (Lipinski definition) is 2. The van der Waals surface area contributed by atoms with Gasteiger partial charge in [-0.3, -0.25) is 9.59 Å². The van der Waals surface area contributed by atoms with Gasteiger partial charge in [0.25, 0.3) is 0 Å². The highest BCUT2D eigenvalue weighted by atomic mass is 19.1. The van der Waals surface area contributed by atoms with Crippen molar-refractivity contribution in [1.29, 1.82) is 0 Å². The lowest BCUT2D eigenvalue weighted by Gasteiger charge is -2.22. The highest BCUT2D eigenvalue weighted by molar-refractivity contribution is 5.96. The van der Waals surface area contributed by atoms with Crippen LogP contribution in [0.15, 0.2) is 24.3 Å². The Hall–Kier alpha value is -2.64. The Morgan fingerprint density at radius 1 is 1.46 bits per heavy atom. The third-order valence-electron chi connectivity index (χ3n) is 3.91. The van der Waals surface area contributed by atoms with Crippen molar-refractivity contribution < 1.29 is 23.9 Å². The number of nitrogens with zero attached hydrogens (tertiary/aromatic N) is 2. The van der Waals surface area contributed by atoms with Crippen LogP contribution in [-0.4, -0.2) is 54.1 Å². The molecule has 3 amide bonds. The molecule has 130 valence electrons. The molecular formula is C16H20FN3O4. The summed E-state index contributed by atoms with van der Waals surface area (Å²) < 4.78 is 13.8. The summed E-state index contributed by atoms with van der Waals surface area (Å²) in [6.07, 6.45) is 0.0718. The Kier molecular flexibility index (Phi) is 5.38. The van der Waals surface area contributed by atoms with Crippen LogP contribution in [0.3, 0.4) is 0 Å². The number of carboxylic acids is 1. The van der Waals surface area contributed by atoms with Gasteiger partial charge in [-0.15, -0.1) is 0 Å². The largest absolute Gasteiger partial charge is 0.481 e. The van der Waals surface area contributed by atoms with Crippen LogP contribution in [0.25, 0.3) is 0 Å². The van der Waals surface area contributed by atoms with Crippen LogP contribution >= 0.6 is 0 Å². The summed E-state index contributed by atoms with van der Waals surface area (Å²) in [4.78, 5) is 37.6. The molecule has 2 N–H and O–H groups in total. The van der Waals surface area contributed by atoms with Crippen molar-refractivity contribution in [2.75, 3.05) is 25.0 Å². The number of carbonyl (C=O) groups excluding carboxylic acids is 2.